The summed E-state index contributed by atoms with van der Waals surface area (Å²) in [6, 6.07) is 12.5. The van der Waals surface area contributed by atoms with Crippen LogP contribution in [-0.2, 0) is 11.8 Å². The normalized spacial score (nSPS) is 16.8. The van der Waals surface area contributed by atoms with Crippen LogP contribution in [0.3, 0.4) is 0 Å². The van der Waals surface area contributed by atoms with Crippen molar-refractivity contribution in [3.63, 3.8) is 0 Å². The quantitative estimate of drug-likeness (QED) is 0.298. The molecule has 4 heterocycles. The van der Waals surface area contributed by atoms with Crippen LogP contribution in [0.1, 0.15) is 12.8 Å². The molecule has 11 nitrogen and oxygen atoms in total. The molecule has 11 heteroatoms. The van der Waals surface area contributed by atoms with E-state index in [1.54, 1.807) is 13.3 Å². The van der Waals surface area contributed by atoms with E-state index in [1.807, 2.05) is 48.3 Å². The van der Waals surface area contributed by atoms with Crippen LogP contribution < -0.4 is 20.3 Å². The van der Waals surface area contributed by atoms with E-state index >= 15 is 0 Å². The number of aryl methyl sites for hydroxylation is 1. The van der Waals surface area contributed by atoms with Gasteiger partial charge in [0.15, 0.2) is 0 Å². The third-order valence-corrected chi connectivity index (χ3v) is 8.56. The van der Waals surface area contributed by atoms with E-state index in [-0.39, 0.29) is 5.91 Å². The molecule has 224 valence electrons. The lowest BCUT2D eigenvalue weighted by atomic mass is 10.0. The van der Waals surface area contributed by atoms with E-state index in [4.69, 9.17) is 9.72 Å². The molecule has 0 atom stereocenters. The standard InChI is InChI=1S/C32H39N9O2/c1-5-31(42)35-26-19-27(37-32-33-11-8-25(36-32)22-6-7-28-23(18-22)21-34-39(28)3)30(43-4)20-29(26)41-12-9-24(10-13-41)40-16-14-38(2)15-17-40/h5-8,11,18-21,24H,1,9-10,12-17H2,2-4H3,(H,35,42)(H,33,36,37). The number of benzene rings is 2. The highest BCUT2D eigenvalue weighted by molar-refractivity contribution is 6.02. The maximum absolute atomic E-state index is 12.5. The number of ether oxygens (including phenoxy) is 1. The molecule has 1 amide bonds. The van der Waals surface area contributed by atoms with Crippen LogP contribution in [0.5, 0.6) is 5.75 Å². The summed E-state index contributed by atoms with van der Waals surface area (Å²) in [5.41, 5.74) is 5.06. The van der Waals surface area contributed by atoms with Gasteiger partial charge in [-0.05, 0) is 50.2 Å². The number of carbonyl (C=O) groups excluding carboxylic acids is 1. The molecule has 2 aromatic heterocycles. The van der Waals surface area contributed by atoms with E-state index in [0.29, 0.717) is 29.1 Å². The van der Waals surface area contributed by atoms with Crippen LogP contribution in [0.25, 0.3) is 22.2 Å². The van der Waals surface area contributed by atoms with Gasteiger partial charge in [0.2, 0.25) is 11.9 Å². The summed E-state index contributed by atoms with van der Waals surface area (Å²) in [7, 11) is 5.76. The Bertz CT molecular complexity index is 1620. The van der Waals surface area contributed by atoms with Crippen LogP contribution in [0.2, 0.25) is 0 Å². The van der Waals surface area contributed by atoms with Gasteiger partial charge in [0.25, 0.3) is 0 Å². The Morgan fingerprint density at radius 3 is 2.56 bits per heavy atom. The lowest BCUT2D eigenvalue weighted by Crippen LogP contribution is -2.52. The molecule has 0 saturated carbocycles. The fraction of sp³-hybridized carbons (Fsp3) is 0.375. The Hall–Kier alpha value is -4.48. The zero-order chi connectivity index (χ0) is 29.9. The lowest BCUT2D eigenvalue weighted by molar-refractivity contribution is -0.111. The molecule has 0 radical (unpaired) electrons. The van der Waals surface area contributed by atoms with Crippen molar-refractivity contribution in [3.05, 3.63) is 61.4 Å². The molecular weight excluding hydrogens is 542 g/mol. The minimum Gasteiger partial charge on any atom is -0.494 e. The summed E-state index contributed by atoms with van der Waals surface area (Å²) in [4.78, 5) is 29.1. The second-order valence-electron chi connectivity index (χ2n) is 11.3. The molecule has 2 saturated heterocycles. The number of fused-ring (bicyclic) bond motifs is 1. The second kappa shape index (κ2) is 12.4. The summed E-state index contributed by atoms with van der Waals surface area (Å²) < 4.78 is 7.68. The first-order valence-electron chi connectivity index (χ1n) is 14.8. The molecule has 0 bridgehead atoms. The first kappa shape index (κ1) is 28.6. The van der Waals surface area contributed by atoms with Gasteiger partial charge in [0, 0.05) is 75.6 Å². The Labute approximate surface area is 252 Å². The topological polar surface area (TPSA) is 104 Å². The Kier molecular flexibility index (Phi) is 8.26. The van der Waals surface area contributed by atoms with Gasteiger partial charge >= 0.3 is 0 Å². The Morgan fingerprint density at radius 1 is 1.02 bits per heavy atom. The predicted octanol–water partition coefficient (Wildman–Crippen LogP) is 4.12. The largest absolute Gasteiger partial charge is 0.494 e. The number of hydrogen-bond donors (Lipinski definition) is 2. The third-order valence-electron chi connectivity index (χ3n) is 8.56. The molecular formula is C32H39N9O2. The minimum atomic E-state index is -0.270. The van der Waals surface area contributed by atoms with E-state index in [1.165, 1.54) is 6.08 Å². The van der Waals surface area contributed by atoms with Gasteiger partial charge in [-0.1, -0.05) is 12.6 Å². The zero-order valence-electron chi connectivity index (χ0n) is 25.1. The number of methoxy groups -OCH3 is 1. The predicted molar refractivity (Wildman–Crippen MR) is 171 cm³/mol. The average molecular weight is 582 g/mol. The van der Waals surface area contributed by atoms with Gasteiger partial charge in [-0.25, -0.2) is 9.97 Å². The molecule has 2 fully saturated rings. The van der Waals surface area contributed by atoms with Crippen LogP contribution in [0.4, 0.5) is 23.0 Å². The number of hydrogen-bond acceptors (Lipinski definition) is 9. The van der Waals surface area contributed by atoms with Crippen molar-refractivity contribution in [1.29, 1.82) is 0 Å². The number of nitrogens with one attached hydrogen (secondary N) is 2. The maximum atomic E-state index is 12.5. The fourth-order valence-corrected chi connectivity index (χ4v) is 6.06. The first-order chi connectivity index (χ1) is 20.9. The van der Waals surface area contributed by atoms with E-state index in [9.17, 15) is 4.79 Å². The van der Waals surface area contributed by atoms with Gasteiger partial charge in [0.05, 0.1) is 41.6 Å². The summed E-state index contributed by atoms with van der Waals surface area (Å²) in [6.45, 7) is 9.93. The highest BCUT2D eigenvalue weighted by atomic mass is 16.5. The van der Waals surface area contributed by atoms with Gasteiger partial charge < -0.3 is 25.2 Å². The molecule has 2 aliphatic rings. The molecule has 2 aromatic carbocycles. The van der Waals surface area contributed by atoms with Crippen LogP contribution in [0, 0.1) is 0 Å². The molecule has 0 spiro atoms. The number of piperidine rings is 1. The van der Waals surface area contributed by atoms with Crippen molar-refractivity contribution >= 4 is 39.8 Å². The molecule has 2 aliphatic heterocycles. The van der Waals surface area contributed by atoms with Crippen molar-refractivity contribution in [3.8, 4) is 17.0 Å². The molecule has 43 heavy (non-hydrogen) atoms. The molecule has 0 unspecified atom stereocenters. The van der Waals surface area contributed by atoms with Crippen LogP contribution in [-0.4, -0.2) is 94.9 Å². The van der Waals surface area contributed by atoms with Crippen molar-refractivity contribution in [2.24, 2.45) is 7.05 Å². The van der Waals surface area contributed by atoms with Crippen molar-refractivity contribution < 1.29 is 9.53 Å². The van der Waals surface area contributed by atoms with E-state index in [2.05, 4.69) is 55.1 Å². The van der Waals surface area contributed by atoms with E-state index in [0.717, 1.165) is 80.0 Å². The molecule has 4 aromatic rings. The summed E-state index contributed by atoms with van der Waals surface area (Å²) in [6.07, 6.45) is 7.01. The van der Waals surface area contributed by atoms with Crippen LogP contribution >= 0.6 is 0 Å². The highest BCUT2D eigenvalue weighted by Crippen LogP contribution is 2.39. The molecule has 6 rings (SSSR count). The van der Waals surface area contributed by atoms with Crippen molar-refractivity contribution in [2.45, 2.75) is 18.9 Å². The number of amides is 1. The fourth-order valence-electron chi connectivity index (χ4n) is 6.06. The number of anilines is 4. The summed E-state index contributed by atoms with van der Waals surface area (Å²) in [5.74, 6) is 0.788. The number of piperazine rings is 1. The van der Waals surface area contributed by atoms with Gasteiger partial charge in [-0.3, -0.25) is 14.4 Å². The summed E-state index contributed by atoms with van der Waals surface area (Å²) >= 11 is 0. The molecule has 2 N–H and O–H groups in total. The lowest BCUT2D eigenvalue weighted by Gasteiger charge is -2.43. The zero-order valence-corrected chi connectivity index (χ0v) is 25.1. The minimum absolute atomic E-state index is 0.270. The van der Waals surface area contributed by atoms with Crippen LogP contribution in [0.15, 0.2) is 61.4 Å². The third kappa shape index (κ3) is 6.18. The number of rotatable bonds is 8. The van der Waals surface area contributed by atoms with Gasteiger partial charge in [-0.2, -0.15) is 5.10 Å². The van der Waals surface area contributed by atoms with Gasteiger partial charge in [-0.15, -0.1) is 0 Å². The number of likely N-dealkylation sites (N-methyl/N-ethyl adjacent to an activating group) is 1. The number of carbonyl (C=O) groups is 1. The van der Waals surface area contributed by atoms with E-state index < -0.39 is 0 Å². The van der Waals surface area contributed by atoms with Gasteiger partial charge in [0.1, 0.15) is 5.75 Å². The SMILES string of the molecule is C=CC(=O)Nc1cc(Nc2nccc(-c3ccc4c(cnn4C)c3)n2)c(OC)cc1N1CCC(N2CCN(C)CC2)CC1. The van der Waals surface area contributed by atoms with Crippen molar-refractivity contribution in [1.82, 2.24) is 29.5 Å². The smallest absolute Gasteiger partial charge is 0.247 e. The highest BCUT2D eigenvalue weighted by Gasteiger charge is 2.28. The summed E-state index contributed by atoms with van der Waals surface area (Å²) in [5, 5.41) is 11.7. The number of nitrogens with zero attached hydrogens (tertiary/aromatic N) is 7. The first-order valence-corrected chi connectivity index (χ1v) is 14.8. The Balaban J connectivity index is 1.24. The number of aromatic nitrogens is 4. The maximum Gasteiger partial charge on any atom is 0.247 e. The average Bonchev–Trinajstić information content (AvgIpc) is 3.41. The Morgan fingerprint density at radius 2 is 1.81 bits per heavy atom. The van der Waals surface area contributed by atoms with Crippen molar-refractivity contribution in [2.75, 3.05) is 69.0 Å². The second-order valence-corrected chi connectivity index (χ2v) is 11.3. The molecule has 0 aliphatic carbocycles. The monoisotopic (exact) mass is 581 g/mol.